The van der Waals surface area contributed by atoms with Crippen molar-refractivity contribution < 1.29 is 4.79 Å². The molecular weight excluding hydrogens is 338 g/mol. The molecule has 2 aromatic rings. The van der Waals surface area contributed by atoms with Crippen LogP contribution in [0.4, 0.5) is 17.3 Å². The van der Waals surface area contributed by atoms with Crippen molar-refractivity contribution in [2.45, 2.75) is 58.2 Å². The van der Waals surface area contributed by atoms with Crippen molar-refractivity contribution in [2.75, 3.05) is 10.6 Å². The molecule has 142 valence electrons. The third kappa shape index (κ3) is 3.49. The van der Waals surface area contributed by atoms with Crippen LogP contribution in [0, 0.1) is 13.8 Å². The Hall–Kier alpha value is -2.60. The van der Waals surface area contributed by atoms with Gasteiger partial charge in [0.1, 0.15) is 11.6 Å². The monoisotopic (exact) mass is 365 g/mol. The summed E-state index contributed by atoms with van der Waals surface area (Å²) >= 11 is 0. The number of hydrogen-bond acceptors (Lipinski definition) is 5. The number of aromatic nitrogens is 1. The summed E-state index contributed by atoms with van der Waals surface area (Å²) in [5, 5.41) is 9.85. The van der Waals surface area contributed by atoms with Gasteiger partial charge in [0.2, 0.25) is 0 Å². The van der Waals surface area contributed by atoms with E-state index in [1.807, 2.05) is 38.1 Å². The first-order chi connectivity index (χ1) is 13.0. The number of aryl methyl sites for hydroxylation is 1. The zero-order valence-corrected chi connectivity index (χ0v) is 15.9. The maximum atomic E-state index is 12.4. The first kappa shape index (κ1) is 17.8. The van der Waals surface area contributed by atoms with Crippen molar-refractivity contribution in [2.24, 2.45) is 5.73 Å². The molecule has 2 atom stereocenters. The van der Waals surface area contributed by atoms with E-state index in [0.717, 1.165) is 41.0 Å². The Balaban J connectivity index is 1.71. The van der Waals surface area contributed by atoms with Crippen molar-refractivity contribution >= 4 is 23.2 Å². The van der Waals surface area contributed by atoms with E-state index in [4.69, 9.17) is 10.7 Å². The molecule has 2 heterocycles. The summed E-state index contributed by atoms with van der Waals surface area (Å²) in [5.74, 6) is 1.35. The van der Waals surface area contributed by atoms with Crippen LogP contribution < -0.4 is 21.7 Å². The highest BCUT2D eigenvalue weighted by molar-refractivity contribution is 6.04. The number of nitrogens with one attached hydrogen (secondary N) is 3. The number of amides is 1. The average molecular weight is 365 g/mol. The Morgan fingerprint density at radius 3 is 2.78 bits per heavy atom. The molecule has 0 spiro atoms. The maximum Gasteiger partial charge on any atom is 0.255 e. The van der Waals surface area contributed by atoms with Crippen molar-refractivity contribution in [3.63, 3.8) is 0 Å². The third-order valence-corrected chi connectivity index (χ3v) is 5.65. The number of carbonyl (C=O) groups excluding carboxylic acids is 1. The quantitative estimate of drug-likeness (QED) is 0.667. The zero-order valence-electron chi connectivity index (χ0n) is 15.9. The minimum Gasteiger partial charge on any atom is -0.365 e. The van der Waals surface area contributed by atoms with Crippen molar-refractivity contribution in [1.29, 1.82) is 0 Å². The molecule has 1 aliphatic carbocycles. The topological polar surface area (TPSA) is 92.1 Å². The second kappa shape index (κ2) is 7.19. The van der Waals surface area contributed by atoms with Gasteiger partial charge < -0.3 is 21.7 Å². The minimum atomic E-state index is -0.0725. The van der Waals surface area contributed by atoms with E-state index in [1.165, 1.54) is 12.8 Å². The van der Waals surface area contributed by atoms with Crippen LogP contribution in [0.25, 0.3) is 0 Å². The van der Waals surface area contributed by atoms with Crippen LogP contribution in [0.5, 0.6) is 0 Å². The lowest BCUT2D eigenvalue weighted by Crippen LogP contribution is -2.43. The number of pyridine rings is 1. The van der Waals surface area contributed by atoms with Crippen LogP contribution in [-0.2, 0) is 6.54 Å². The second-order valence-electron chi connectivity index (χ2n) is 7.66. The molecule has 1 aromatic carbocycles. The summed E-state index contributed by atoms with van der Waals surface area (Å²) < 4.78 is 0. The molecule has 2 aliphatic rings. The largest absolute Gasteiger partial charge is 0.365 e. The van der Waals surface area contributed by atoms with Gasteiger partial charge in [-0.25, -0.2) is 4.98 Å². The lowest BCUT2D eigenvalue weighted by Gasteiger charge is -2.30. The molecule has 5 N–H and O–H groups in total. The summed E-state index contributed by atoms with van der Waals surface area (Å²) in [7, 11) is 0. The Morgan fingerprint density at radius 1 is 1.19 bits per heavy atom. The number of rotatable bonds is 4. The number of nitrogens with zero attached hydrogens (tertiary/aromatic N) is 1. The van der Waals surface area contributed by atoms with E-state index in [9.17, 15) is 4.79 Å². The smallest absolute Gasteiger partial charge is 0.255 e. The second-order valence-corrected chi connectivity index (χ2v) is 7.66. The Bertz CT molecular complexity index is 879. The first-order valence-electron chi connectivity index (χ1n) is 9.70. The highest BCUT2D eigenvalue weighted by atomic mass is 16.1. The molecule has 1 amide bonds. The SMILES string of the molecule is Cc1cccc(Nc2nc(NC3CCCCC3N)c(C)c3c2C(=O)NC3)c1. The maximum absolute atomic E-state index is 12.4. The highest BCUT2D eigenvalue weighted by Crippen LogP contribution is 2.33. The van der Waals surface area contributed by atoms with Crippen molar-refractivity contribution in [3.05, 3.63) is 46.5 Å². The van der Waals surface area contributed by atoms with Gasteiger partial charge in [-0.3, -0.25) is 4.79 Å². The Labute approximate surface area is 159 Å². The van der Waals surface area contributed by atoms with E-state index in [1.54, 1.807) is 0 Å². The highest BCUT2D eigenvalue weighted by Gasteiger charge is 2.29. The van der Waals surface area contributed by atoms with E-state index < -0.39 is 0 Å². The predicted molar refractivity (Wildman–Crippen MR) is 108 cm³/mol. The van der Waals surface area contributed by atoms with E-state index in [-0.39, 0.29) is 18.0 Å². The summed E-state index contributed by atoms with van der Waals surface area (Å²) in [6, 6.07) is 8.43. The van der Waals surface area contributed by atoms with Crippen LogP contribution in [-0.4, -0.2) is 23.0 Å². The molecule has 4 rings (SSSR count). The fourth-order valence-electron chi connectivity index (χ4n) is 4.05. The van der Waals surface area contributed by atoms with E-state index >= 15 is 0 Å². The summed E-state index contributed by atoms with van der Waals surface area (Å²) in [5.41, 5.74) is 11.1. The van der Waals surface area contributed by atoms with Crippen LogP contribution in [0.1, 0.15) is 52.7 Å². The van der Waals surface area contributed by atoms with Gasteiger partial charge in [0.15, 0.2) is 0 Å². The molecule has 0 saturated heterocycles. The molecule has 2 unspecified atom stereocenters. The number of benzene rings is 1. The Kier molecular flexibility index (Phi) is 4.74. The molecular formula is C21H27N5O. The summed E-state index contributed by atoms with van der Waals surface area (Å²) in [4.78, 5) is 17.2. The molecule has 6 nitrogen and oxygen atoms in total. The van der Waals surface area contributed by atoms with Crippen LogP contribution >= 0.6 is 0 Å². The van der Waals surface area contributed by atoms with Gasteiger partial charge >= 0.3 is 0 Å². The third-order valence-electron chi connectivity index (χ3n) is 5.65. The molecule has 0 radical (unpaired) electrons. The van der Waals surface area contributed by atoms with Gasteiger partial charge in [-0.15, -0.1) is 0 Å². The lowest BCUT2D eigenvalue weighted by molar-refractivity contribution is 0.0966. The Morgan fingerprint density at radius 2 is 2.00 bits per heavy atom. The zero-order chi connectivity index (χ0) is 19.0. The van der Waals surface area contributed by atoms with Crippen LogP contribution in [0.15, 0.2) is 24.3 Å². The first-order valence-corrected chi connectivity index (χ1v) is 9.70. The molecule has 6 heteroatoms. The van der Waals surface area contributed by atoms with E-state index in [0.29, 0.717) is 17.9 Å². The van der Waals surface area contributed by atoms with Crippen molar-refractivity contribution in [1.82, 2.24) is 10.3 Å². The number of nitrogens with two attached hydrogens (primary N) is 1. The van der Waals surface area contributed by atoms with Gasteiger partial charge in [0.05, 0.1) is 5.56 Å². The average Bonchev–Trinajstić information content (AvgIpc) is 3.03. The van der Waals surface area contributed by atoms with Gasteiger partial charge in [0, 0.05) is 24.3 Å². The molecule has 1 fully saturated rings. The van der Waals surface area contributed by atoms with Gasteiger partial charge in [-0.1, -0.05) is 25.0 Å². The molecule has 0 bridgehead atoms. The summed E-state index contributed by atoms with van der Waals surface area (Å²) in [6.07, 6.45) is 4.46. The van der Waals surface area contributed by atoms with Gasteiger partial charge in [0.25, 0.3) is 5.91 Å². The van der Waals surface area contributed by atoms with Crippen LogP contribution in [0.2, 0.25) is 0 Å². The fourth-order valence-corrected chi connectivity index (χ4v) is 4.05. The fraction of sp³-hybridized carbons (Fsp3) is 0.429. The molecule has 1 aromatic heterocycles. The molecule has 1 aliphatic heterocycles. The molecule has 27 heavy (non-hydrogen) atoms. The van der Waals surface area contributed by atoms with Crippen LogP contribution in [0.3, 0.4) is 0 Å². The lowest BCUT2D eigenvalue weighted by atomic mass is 9.91. The minimum absolute atomic E-state index is 0.0725. The summed E-state index contributed by atoms with van der Waals surface area (Å²) in [6.45, 7) is 4.61. The number of fused-ring (bicyclic) bond motifs is 1. The van der Waals surface area contributed by atoms with Crippen molar-refractivity contribution in [3.8, 4) is 0 Å². The van der Waals surface area contributed by atoms with Gasteiger partial charge in [-0.05, 0) is 55.5 Å². The van der Waals surface area contributed by atoms with Gasteiger partial charge in [-0.2, -0.15) is 0 Å². The van der Waals surface area contributed by atoms with E-state index in [2.05, 4.69) is 16.0 Å². The predicted octanol–water partition coefficient (Wildman–Crippen LogP) is 3.37. The standard InChI is InChI=1S/C21H27N5O/c1-12-6-5-7-14(10-12)24-20-18-15(11-23-21(18)27)13(2)19(26-20)25-17-9-4-3-8-16(17)22/h5-7,10,16-17H,3-4,8-9,11,22H2,1-2H3,(H,23,27)(H2,24,25,26). The normalized spacial score (nSPS) is 21.5. The number of hydrogen-bond donors (Lipinski definition) is 4. The number of anilines is 3. The molecule has 1 saturated carbocycles. The number of carbonyl (C=O) groups is 1.